The van der Waals surface area contributed by atoms with Crippen molar-refractivity contribution >= 4 is 11.3 Å². The summed E-state index contributed by atoms with van der Waals surface area (Å²) in [5.74, 6) is 1.72. The molecule has 2 heterocycles. The first kappa shape index (κ1) is 14.4. The van der Waals surface area contributed by atoms with Crippen molar-refractivity contribution in [3.05, 3.63) is 52.5 Å². The molecule has 1 aliphatic carbocycles. The van der Waals surface area contributed by atoms with Crippen molar-refractivity contribution in [2.75, 3.05) is 13.1 Å². The molecule has 4 heteroatoms. The highest BCUT2D eigenvalue weighted by atomic mass is 32.1. The van der Waals surface area contributed by atoms with E-state index in [0.29, 0.717) is 6.04 Å². The summed E-state index contributed by atoms with van der Waals surface area (Å²) in [6, 6.07) is 11.6. The molecule has 3 nitrogen and oxygen atoms in total. The van der Waals surface area contributed by atoms with Crippen LogP contribution in [0.5, 0.6) is 0 Å². The summed E-state index contributed by atoms with van der Waals surface area (Å²) in [4.78, 5) is 8.16. The molecule has 0 unspecified atom stereocenters. The molecular formula is C18H23N3S. The Hall–Kier alpha value is -1.23. The molecule has 1 saturated heterocycles. The molecule has 2 fully saturated rings. The molecule has 4 rings (SSSR count). The minimum absolute atomic E-state index is 0.688. The Morgan fingerprint density at radius 2 is 2.09 bits per heavy atom. The van der Waals surface area contributed by atoms with Gasteiger partial charge in [0, 0.05) is 43.3 Å². The molecule has 0 radical (unpaired) electrons. The van der Waals surface area contributed by atoms with E-state index in [1.807, 2.05) is 11.7 Å². The second kappa shape index (κ2) is 6.49. The monoisotopic (exact) mass is 313 g/mol. The quantitative estimate of drug-likeness (QED) is 0.919. The SMILES string of the molecule is c1ccc(CN2C[C@H]3CC[C@H](NCc4cncs4)[C@H]3C2)cc1. The van der Waals surface area contributed by atoms with Gasteiger partial charge in [-0.15, -0.1) is 11.3 Å². The minimum Gasteiger partial charge on any atom is -0.309 e. The van der Waals surface area contributed by atoms with Crippen LogP contribution in [0.4, 0.5) is 0 Å². The van der Waals surface area contributed by atoms with Crippen molar-refractivity contribution in [3.8, 4) is 0 Å². The molecular weight excluding hydrogens is 290 g/mol. The summed E-state index contributed by atoms with van der Waals surface area (Å²) in [5, 5.41) is 3.78. The smallest absolute Gasteiger partial charge is 0.0794 e. The van der Waals surface area contributed by atoms with Gasteiger partial charge in [0.15, 0.2) is 0 Å². The van der Waals surface area contributed by atoms with Crippen molar-refractivity contribution < 1.29 is 0 Å². The second-order valence-electron chi connectivity index (χ2n) is 6.64. The van der Waals surface area contributed by atoms with E-state index in [1.54, 1.807) is 11.3 Å². The van der Waals surface area contributed by atoms with Gasteiger partial charge in [-0.05, 0) is 30.2 Å². The highest BCUT2D eigenvalue weighted by molar-refractivity contribution is 7.09. The van der Waals surface area contributed by atoms with Crippen molar-refractivity contribution in [2.24, 2.45) is 11.8 Å². The Balaban J connectivity index is 1.33. The van der Waals surface area contributed by atoms with Gasteiger partial charge < -0.3 is 5.32 Å². The average Bonchev–Trinajstić information content (AvgIpc) is 3.24. The zero-order chi connectivity index (χ0) is 14.8. The Kier molecular flexibility index (Phi) is 4.24. The van der Waals surface area contributed by atoms with Crippen molar-refractivity contribution in [1.29, 1.82) is 0 Å². The number of thiazole rings is 1. The van der Waals surface area contributed by atoms with Crippen LogP contribution < -0.4 is 5.32 Å². The maximum atomic E-state index is 4.16. The summed E-state index contributed by atoms with van der Waals surface area (Å²) in [5.41, 5.74) is 3.36. The zero-order valence-electron chi connectivity index (χ0n) is 12.8. The molecule has 1 saturated carbocycles. The van der Waals surface area contributed by atoms with E-state index in [1.165, 1.54) is 36.4 Å². The lowest BCUT2D eigenvalue weighted by atomic mass is 9.98. The molecule has 1 aliphatic heterocycles. The number of hydrogen-bond donors (Lipinski definition) is 1. The van der Waals surface area contributed by atoms with Gasteiger partial charge in [-0.25, -0.2) is 0 Å². The zero-order valence-corrected chi connectivity index (χ0v) is 13.6. The molecule has 2 aliphatic rings. The first-order valence-electron chi connectivity index (χ1n) is 8.25. The van der Waals surface area contributed by atoms with E-state index in [0.717, 1.165) is 24.9 Å². The van der Waals surface area contributed by atoms with Crippen LogP contribution in [0.25, 0.3) is 0 Å². The number of rotatable bonds is 5. The number of benzene rings is 1. The summed E-state index contributed by atoms with van der Waals surface area (Å²) >= 11 is 1.75. The van der Waals surface area contributed by atoms with Crippen LogP contribution in [-0.4, -0.2) is 29.0 Å². The summed E-state index contributed by atoms with van der Waals surface area (Å²) in [6.45, 7) is 4.62. The summed E-state index contributed by atoms with van der Waals surface area (Å²) < 4.78 is 0. The van der Waals surface area contributed by atoms with Crippen LogP contribution in [-0.2, 0) is 13.1 Å². The fourth-order valence-electron chi connectivity index (χ4n) is 4.14. The number of fused-ring (bicyclic) bond motifs is 1. The van der Waals surface area contributed by atoms with Gasteiger partial charge >= 0.3 is 0 Å². The van der Waals surface area contributed by atoms with E-state index in [4.69, 9.17) is 0 Å². The van der Waals surface area contributed by atoms with Crippen LogP contribution in [0.3, 0.4) is 0 Å². The summed E-state index contributed by atoms with van der Waals surface area (Å²) in [7, 11) is 0. The maximum Gasteiger partial charge on any atom is 0.0794 e. The molecule has 0 bridgehead atoms. The highest BCUT2D eigenvalue weighted by Gasteiger charge is 2.42. The van der Waals surface area contributed by atoms with Crippen molar-refractivity contribution in [3.63, 3.8) is 0 Å². The Labute approximate surface area is 136 Å². The molecule has 2 aromatic rings. The van der Waals surface area contributed by atoms with Gasteiger partial charge in [0.1, 0.15) is 0 Å². The lowest BCUT2D eigenvalue weighted by molar-refractivity contribution is 0.289. The predicted octanol–water partition coefficient (Wildman–Crippen LogP) is 3.14. The average molecular weight is 313 g/mol. The topological polar surface area (TPSA) is 28.2 Å². The third-order valence-electron chi connectivity index (χ3n) is 5.20. The first-order valence-corrected chi connectivity index (χ1v) is 9.13. The van der Waals surface area contributed by atoms with Gasteiger partial charge in [0.2, 0.25) is 0 Å². The second-order valence-corrected chi connectivity index (χ2v) is 7.61. The number of aromatic nitrogens is 1. The molecule has 0 spiro atoms. The van der Waals surface area contributed by atoms with Crippen LogP contribution in [0.2, 0.25) is 0 Å². The van der Waals surface area contributed by atoms with Crippen LogP contribution in [0.15, 0.2) is 42.0 Å². The van der Waals surface area contributed by atoms with Gasteiger partial charge in [0.05, 0.1) is 5.51 Å². The highest BCUT2D eigenvalue weighted by Crippen LogP contribution is 2.38. The first-order chi connectivity index (χ1) is 10.9. The van der Waals surface area contributed by atoms with Gasteiger partial charge in [-0.3, -0.25) is 9.88 Å². The number of nitrogens with zero attached hydrogens (tertiary/aromatic N) is 2. The molecule has 22 heavy (non-hydrogen) atoms. The minimum atomic E-state index is 0.688. The Morgan fingerprint density at radius 3 is 2.91 bits per heavy atom. The van der Waals surface area contributed by atoms with Crippen LogP contribution in [0, 0.1) is 11.8 Å². The molecule has 3 atom stereocenters. The normalized spacial score (nSPS) is 28.1. The molecule has 1 aromatic heterocycles. The van der Waals surface area contributed by atoms with Crippen LogP contribution >= 0.6 is 11.3 Å². The number of hydrogen-bond acceptors (Lipinski definition) is 4. The third kappa shape index (κ3) is 3.09. The van der Waals surface area contributed by atoms with Crippen LogP contribution in [0.1, 0.15) is 23.3 Å². The molecule has 1 aromatic carbocycles. The predicted molar refractivity (Wildman–Crippen MR) is 90.7 cm³/mol. The van der Waals surface area contributed by atoms with E-state index in [-0.39, 0.29) is 0 Å². The fourth-order valence-corrected chi connectivity index (χ4v) is 4.69. The molecule has 1 N–H and O–H groups in total. The van der Waals surface area contributed by atoms with Gasteiger partial charge in [-0.2, -0.15) is 0 Å². The van der Waals surface area contributed by atoms with Crippen molar-refractivity contribution in [1.82, 2.24) is 15.2 Å². The molecule has 0 amide bonds. The van der Waals surface area contributed by atoms with E-state index in [2.05, 4.69) is 45.5 Å². The standard InChI is InChI=1S/C18H23N3S/c1-2-4-14(5-3-1)10-21-11-15-6-7-18(17(15)12-21)20-9-16-8-19-13-22-16/h1-5,8,13,15,17-18,20H,6-7,9-12H2/t15-,17+,18+/m1/s1. The number of likely N-dealkylation sites (tertiary alicyclic amines) is 1. The Morgan fingerprint density at radius 1 is 1.18 bits per heavy atom. The van der Waals surface area contributed by atoms with Crippen molar-refractivity contribution in [2.45, 2.75) is 32.0 Å². The van der Waals surface area contributed by atoms with E-state index in [9.17, 15) is 0 Å². The largest absolute Gasteiger partial charge is 0.309 e. The van der Waals surface area contributed by atoms with E-state index < -0.39 is 0 Å². The van der Waals surface area contributed by atoms with Gasteiger partial charge in [-0.1, -0.05) is 30.3 Å². The maximum absolute atomic E-state index is 4.16. The Bertz CT molecular complexity index is 584. The van der Waals surface area contributed by atoms with E-state index >= 15 is 0 Å². The van der Waals surface area contributed by atoms with Gasteiger partial charge in [0.25, 0.3) is 0 Å². The number of nitrogens with one attached hydrogen (secondary N) is 1. The lowest BCUT2D eigenvalue weighted by Gasteiger charge is -2.21. The molecule has 116 valence electrons. The third-order valence-corrected chi connectivity index (χ3v) is 5.98. The lowest BCUT2D eigenvalue weighted by Crippen LogP contribution is -2.35. The fraction of sp³-hybridized carbons (Fsp3) is 0.500. The summed E-state index contributed by atoms with van der Waals surface area (Å²) in [6.07, 6.45) is 4.71.